The molecule has 1 aliphatic rings. The fourth-order valence-corrected chi connectivity index (χ4v) is 3.44. The minimum absolute atomic E-state index is 0.0960. The summed E-state index contributed by atoms with van der Waals surface area (Å²) in [5.41, 5.74) is 1.49. The van der Waals surface area contributed by atoms with E-state index in [9.17, 15) is 9.18 Å². The minimum Gasteiger partial charge on any atom is -0.497 e. The van der Waals surface area contributed by atoms with Gasteiger partial charge in [0.25, 0.3) is 5.91 Å². The third-order valence-corrected chi connectivity index (χ3v) is 4.87. The molecule has 1 aliphatic heterocycles. The van der Waals surface area contributed by atoms with E-state index >= 15 is 0 Å². The zero-order chi connectivity index (χ0) is 18.4. The summed E-state index contributed by atoms with van der Waals surface area (Å²) in [5, 5.41) is 2.97. The van der Waals surface area contributed by atoms with E-state index in [2.05, 4.69) is 10.2 Å². The van der Waals surface area contributed by atoms with E-state index < -0.39 is 5.82 Å². The standard InChI is InChI=1S/C21H25FN2O2/c1-26-19-10-8-16(9-11-19)20(24-12-3-2-4-13-24)15-23-21(25)17-6-5-7-18(22)14-17/h5-11,14,20H,2-4,12-13,15H2,1H3,(H,23,25)/t20-/m1/s1. The zero-order valence-corrected chi connectivity index (χ0v) is 15.1. The number of rotatable bonds is 6. The van der Waals surface area contributed by atoms with E-state index in [0.717, 1.165) is 24.4 Å². The Labute approximate surface area is 154 Å². The molecule has 2 aromatic carbocycles. The normalized spacial score (nSPS) is 16.1. The van der Waals surface area contributed by atoms with Gasteiger partial charge < -0.3 is 10.1 Å². The van der Waals surface area contributed by atoms with Crippen LogP contribution in [0.25, 0.3) is 0 Å². The van der Waals surface area contributed by atoms with Crippen LogP contribution < -0.4 is 10.1 Å². The number of amides is 1. The molecule has 4 nitrogen and oxygen atoms in total. The number of piperidine rings is 1. The van der Waals surface area contributed by atoms with Gasteiger partial charge in [0, 0.05) is 12.1 Å². The van der Waals surface area contributed by atoms with Crippen LogP contribution in [0.3, 0.4) is 0 Å². The highest BCUT2D eigenvalue weighted by Gasteiger charge is 2.23. The summed E-state index contributed by atoms with van der Waals surface area (Å²) in [5.74, 6) is 0.162. The molecule has 1 fully saturated rings. The van der Waals surface area contributed by atoms with Gasteiger partial charge in [0.15, 0.2) is 0 Å². The van der Waals surface area contributed by atoms with Crippen LogP contribution >= 0.6 is 0 Å². The van der Waals surface area contributed by atoms with Crippen LogP contribution in [-0.4, -0.2) is 37.6 Å². The van der Waals surface area contributed by atoms with Gasteiger partial charge in [-0.05, 0) is 61.8 Å². The summed E-state index contributed by atoms with van der Waals surface area (Å²) in [6.45, 7) is 2.53. The molecule has 1 N–H and O–H groups in total. The molecule has 1 atom stereocenters. The molecule has 2 aromatic rings. The summed E-state index contributed by atoms with van der Waals surface area (Å²) in [6, 6.07) is 13.9. The Balaban J connectivity index is 1.73. The number of nitrogens with one attached hydrogen (secondary N) is 1. The summed E-state index contributed by atoms with van der Waals surface area (Å²) < 4.78 is 18.6. The zero-order valence-electron chi connectivity index (χ0n) is 15.1. The number of carbonyl (C=O) groups excluding carboxylic acids is 1. The van der Waals surface area contributed by atoms with E-state index in [-0.39, 0.29) is 11.9 Å². The van der Waals surface area contributed by atoms with Crippen molar-refractivity contribution in [1.82, 2.24) is 10.2 Å². The van der Waals surface area contributed by atoms with Gasteiger partial charge in [0.05, 0.1) is 13.2 Å². The smallest absolute Gasteiger partial charge is 0.251 e. The van der Waals surface area contributed by atoms with E-state index in [1.54, 1.807) is 19.2 Å². The molecule has 1 heterocycles. The number of benzene rings is 2. The molecule has 1 saturated heterocycles. The van der Waals surface area contributed by atoms with Crippen LogP contribution in [-0.2, 0) is 0 Å². The number of ether oxygens (including phenoxy) is 1. The molecule has 0 unspecified atom stereocenters. The molecule has 1 amide bonds. The molecule has 0 bridgehead atoms. The van der Waals surface area contributed by atoms with Crippen molar-refractivity contribution in [2.75, 3.05) is 26.7 Å². The van der Waals surface area contributed by atoms with Gasteiger partial charge in [0.2, 0.25) is 0 Å². The third-order valence-electron chi connectivity index (χ3n) is 4.87. The van der Waals surface area contributed by atoms with Gasteiger partial charge >= 0.3 is 0 Å². The van der Waals surface area contributed by atoms with Crippen LogP contribution in [0.4, 0.5) is 4.39 Å². The number of likely N-dealkylation sites (tertiary alicyclic amines) is 1. The molecule has 138 valence electrons. The second-order valence-electron chi connectivity index (χ2n) is 6.61. The molecule has 0 aliphatic carbocycles. The van der Waals surface area contributed by atoms with E-state index in [0.29, 0.717) is 12.1 Å². The molecule has 0 spiro atoms. The first-order chi connectivity index (χ1) is 12.7. The molecule has 26 heavy (non-hydrogen) atoms. The first-order valence-electron chi connectivity index (χ1n) is 9.09. The van der Waals surface area contributed by atoms with Crippen LogP contribution in [0.5, 0.6) is 5.75 Å². The van der Waals surface area contributed by atoms with E-state index in [4.69, 9.17) is 4.74 Å². The third kappa shape index (κ3) is 4.61. The number of carbonyl (C=O) groups is 1. The molecule has 5 heteroatoms. The van der Waals surface area contributed by atoms with Gasteiger partial charge in [-0.1, -0.05) is 24.6 Å². The topological polar surface area (TPSA) is 41.6 Å². The number of methoxy groups -OCH3 is 1. The number of halogens is 1. The van der Waals surface area contributed by atoms with Gasteiger partial charge in [0.1, 0.15) is 11.6 Å². The van der Waals surface area contributed by atoms with Crippen molar-refractivity contribution in [3.63, 3.8) is 0 Å². The summed E-state index contributed by atoms with van der Waals surface area (Å²) in [6.07, 6.45) is 3.59. The lowest BCUT2D eigenvalue weighted by molar-refractivity contribution is 0.0924. The van der Waals surface area contributed by atoms with Crippen molar-refractivity contribution in [3.8, 4) is 5.75 Å². The number of hydrogen-bond donors (Lipinski definition) is 1. The summed E-state index contributed by atoms with van der Waals surface area (Å²) >= 11 is 0. The first-order valence-corrected chi connectivity index (χ1v) is 9.09. The minimum atomic E-state index is -0.402. The van der Waals surface area contributed by atoms with Gasteiger partial charge in [-0.3, -0.25) is 9.69 Å². The first kappa shape index (κ1) is 18.4. The maximum atomic E-state index is 13.4. The highest BCUT2D eigenvalue weighted by Crippen LogP contribution is 2.26. The SMILES string of the molecule is COc1ccc([C@@H](CNC(=O)c2cccc(F)c2)N2CCCCC2)cc1. The summed E-state index contributed by atoms with van der Waals surface area (Å²) in [4.78, 5) is 14.8. The van der Waals surface area contributed by atoms with Crippen LogP contribution in [0, 0.1) is 5.82 Å². The predicted molar refractivity (Wildman–Crippen MR) is 99.9 cm³/mol. The fraction of sp³-hybridized carbons (Fsp3) is 0.381. The Morgan fingerprint density at radius 2 is 1.88 bits per heavy atom. The maximum Gasteiger partial charge on any atom is 0.251 e. The van der Waals surface area contributed by atoms with Crippen molar-refractivity contribution < 1.29 is 13.9 Å². The van der Waals surface area contributed by atoms with Crippen molar-refractivity contribution in [2.45, 2.75) is 25.3 Å². The lowest BCUT2D eigenvalue weighted by Crippen LogP contribution is -2.40. The average molecular weight is 356 g/mol. The monoisotopic (exact) mass is 356 g/mol. The second kappa shape index (κ2) is 8.81. The Bertz CT molecular complexity index is 727. The number of nitrogens with zero attached hydrogens (tertiary/aromatic N) is 1. The van der Waals surface area contributed by atoms with Gasteiger partial charge in [-0.15, -0.1) is 0 Å². The predicted octanol–water partition coefficient (Wildman–Crippen LogP) is 3.79. The molecular weight excluding hydrogens is 331 g/mol. The fourth-order valence-electron chi connectivity index (χ4n) is 3.44. The van der Waals surface area contributed by atoms with Crippen LogP contribution in [0.1, 0.15) is 41.2 Å². The molecular formula is C21H25FN2O2. The van der Waals surface area contributed by atoms with Crippen molar-refractivity contribution in [3.05, 3.63) is 65.5 Å². The Morgan fingerprint density at radius 1 is 1.15 bits per heavy atom. The summed E-state index contributed by atoms with van der Waals surface area (Å²) in [7, 11) is 1.65. The largest absolute Gasteiger partial charge is 0.497 e. The Morgan fingerprint density at radius 3 is 2.54 bits per heavy atom. The average Bonchev–Trinajstić information content (AvgIpc) is 2.69. The second-order valence-corrected chi connectivity index (χ2v) is 6.61. The van der Waals surface area contributed by atoms with E-state index in [1.807, 2.05) is 24.3 Å². The lowest BCUT2D eigenvalue weighted by atomic mass is 10.0. The quantitative estimate of drug-likeness (QED) is 0.856. The molecule has 0 aromatic heterocycles. The molecule has 3 rings (SSSR count). The molecule has 0 saturated carbocycles. The van der Waals surface area contributed by atoms with Gasteiger partial charge in [-0.25, -0.2) is 4.39 Å². The number of hydrogen-bond acceptors (Lipinski definition) is 3. The van der Waals surface area contributed by atoms with E-state index in [1.165, 1.54) is 31.4 Å². The van der Waals surface area contributed by atoms with Crippen LogP contribution in [0.2, 0.25) is 0 Å². The van der Waals surface area contributed by atoms with Crippen LogP contribution in [0.15, 0.2) is 48.5 Å². The van der Waals surface area contributed by atoms with Crippen molar-refractivity contribution >= 4 is 5.91 Å². The highest BCUT2D eigenvalue weighted by atomic mass is 19.1. The lowest BCUT2D eigenvalue weighted by Gasteiger charge is -2.35. The Hall–Kier alpha value is -2.40. The maximum absolute atomic E-state index is 13.4. The Kier molecular flexibility index (Phi) is 6.23. The molecule has 0 radical (unpaired) electrons. The van der Waals surface area contributed by atoms with Gasteiger partial charge in [-0.2, -0.15) is 0 Å². The highest BCUT2D eigenvalue weighted by molar-refractivity contribution is 5.94. The van der Waals surface area contributed by atoms with Crippen molar-refractivity contribution in [2.24, 2.45) is 0 Å². The van der Waals surface area contributed by atoms with Crippen molar-refractivity contribution in [1.29, 1.82) is 0 Å².